The van der Waals surface area contributed by atoms with Gasteiger partial charge in [-0.3, -0.25) is 9.78 Å². The van der Waals surface area contributed by atoms with Crippen molar-refractivity contribution >= 4 is 16.9 Å². The van der Waals surface area contributed by atoms with Gasteiger partial charge in [0.1, 0.15) is 6.07 Å². The highest BCUT2D eigenvalue weighted by Crippen LogP contribution is 2.12. The third kappa shape index (κ3) is 1.19. The molecule has 5 heteroatoms. The Morgan fingerprint density at radius 1 is 1.50 bits per heavy atom. The summed E-state index contributed by atoms with van der Waals surface area (Å²) >= 11 is 0. The van der Waals surface area contributed by atoms with Crippen molar-refractivity contribution in [1.82, 2.24) is 4.98 Å². The number of ketones is 1. The predicted octanol–water partition coefficient (Wildman–Crippen LogP) is 0.827. The number of rotatable bonds is 1. The van der Waals surface area contributed by atoms with E-state index < -0.39 is 11.5 Å². The normalized spacial score (nSPS) is 9.93. The van der Waals surface area contributed by atoms with Crippen LogP contribution in [0.15, 0.2) is 27.4 Å². The smallest absolute Gasteiger partial charge is 0.408 e. The first-order chi connectivity index (χ1) is 6.70. The van der Waals surface area contributed by atoms with E-state index >= 15 is 0 Å². The first-order valence-corrected chi connectivity index (χ1v) is 3.78. The molecule has 0 unspecified atom stereocenters. The van der Waals surface area contributed by atoms with Crippen LogP contribution >= 0.6 is 0 Å². The summed E-state index contributed by atoms with van der Waals surface area (Å²) in [6.45, 7) is 0. The molecule has 0 saturated carbocycles. The zero-order chi connectivity index (χ0) is 10.1. The maximum absolute atomic E-state index is 11.0. The van der Waals surface area contributed by atoms with Gasteiger partial charge in [0, 0.05) is 5.56 Å². The SMILES string of the molecule is N#CC(=O)c1ccc2oc(=O)[nH]c2c1. The fourth-order valence-electron chi connectivity index (χ4n) is 1.16. The highest BCUT2D eigenvalue weighted by atomic mass is 16.4. The van der Waals surface area contributed by atoms with Crippen molar-refractivity contribution in [2.24, 2.45) is 0 Å². The van der Waals surface area contributed by atoms with E-state index in [4.69, 9.17) is 9.68 Å². The number of nitrogens with one attached hydrogen (secondary N) is 1. The van der Waals surface area contributed by atoms with Gasteiger partial charge in [-0.05, 0) is 18.2 Å². The zero-order valence-electron chi connectivity index (χ0n) is 6.90. The summed E-state index contributed by atoms with van der Waals surface area (Å²) in [4.78, 5) is 24.1. The van der Waals surface area contributed by atoms with Gasteiger partial charge in [-0.25, -0.2) is 4.79 Å². The molecule has 5 nitrogen and oxygen atoms in total. The minimum atomic E-state index is -0.644. The highest BCUT2D eigenvalue weighted by Gasteiger charge is 2.07. The average molecular weight is 188 g/mol. The van der Waals surface area contributed by atoms with E-state index in [0.29, 0.717) is 11.1 Å². The Labute approximate surface area is 77.6 Å². The fraction of sp³-hybridized carbons (Fsp3) is 0. The summed E-state index contributed by atoms with van der Waals surface area (Å²) in [6.07, 6.45) is 0. The maximum Gasteiger partial charge on any atom is 0.417 e. The molecule has 2 aromatic rings. The number of aromatic nitrogens is 1. The van der Waals surface area contributed by atoms with Crippen molar-refractivity contribution in [3.05, 3.63) is 34.3 Å². The van der Waals surface area contributed by atoms with Gasteiger partial charge in [-0.1, -0.05) is 0 Å². The molecule has 0 aliphatic rings. The van der Waals surface area contributed by atoms with Gasteiger partial charge in [0.15, 0.2) is 5.58 Å². The number of aromatic amines is 1. The van der Waals surface area contributed by atoms with Crippen LogP contribution in [0.5, 0.6) is 0 Å². The van der Waals surface area contributed by atoms with E-state index in [0.717, 1.165) is 0 Å². The van der Waals surface area contributed by atoms with Crippen molar-refractivity contribution < 1.29 is 9.21 Å². The number of hydrogen-bond donors (Lipinski definition) is 1. The Bertz CT molecular complexity index is 600. The Kier molecular flexibility index (Phi) is 1.68. The topological polar surface area (TPSA) is 86.9 Å². The molecular weight excluding hydrogens is 184 g/mol. The number of nitriles is 1. The summed E-state index contributed by atoms with van der Waals surface area (Å²) < 4.78 is 4.73. The molecule has 1 heterocycles. The maximum atomic E-state index is 11.0. The van der Waals surface area contributed by atoms with Crippen molar-refractivity contribution in [2.45, 2.75) is 0 Å². The molecule has 0 aliphatic heterocycles. The first-order valence-electron chi connectivity index (χ1n) is 3.78. The van der Waals surface area contributed by atoms with Gasteiger partial charge in [-0.2, -0.15) is 5.26 Å². The van der Waals surface area contributed by atoms with Crippen molar-refractivity contribution in [1.29, 1.82) is 5.26 Å². The molecule has 0 bridgehead atoms. The largest absolute Gasteiger partial charge is 0.417 e. The molecule has 0 aliphatic carbocycles. The van der Waals surface area contributed by atoms with E-state index in [1.807, 2.05) is 0 Å². The summed E-state index contributed by atoms with van der Waals surface area (Å²) in [5.74, 6) is -1.23. The molecule has 0 radical (unpaired) electrons. The Morgan fingerprint density at radius 2 is 2.29 bits per heavy atom. The minimum absolute atomic E-state index is 0.233. The van der Waals surface area contributed by atoms with Crippen LogP contribution in [0.25, 0.3) is 11.1 Å². The van der Waals surface area contributed by atoms with Crippen molar-refractivity contribution in [3.63, 3.8) is 0 Å². The van der Waals surface area contributed by atoms with Crippen molar-refractivity contribution in [2.75, 3.05) is 0 Å². The van der Waals surface area contributed by atoms with Crippen LogP contribution in [0.4, 0.5) is 0 Å². The second-order valence-corrected chi connectivity index (χ2v) is 2.67. The monoisotopic (exact) mass is 188 g/mol. The molecule has 0 amide bonds. The number of oxazole rings is 1. The second kappa shape index (κ2) is 2.85. The molecular formula is C9H4N2O3. The van der Waals surface area contributed by atoms with Crippen LogP contribution in [0.2, 0.25) is 0 Å². The molecule has 68 valence electrons. The van der Waals surface area contributed by atoms with Crippen LogP contribution < -0.4 is 5.76 Å². The molecule has 0 fully saturated rings. The summed E-state index contributed by atoms with van der Waals surface area (Å²) in [5.41, 5.74) is 1.01. The minimum Gasteiger partial charge on any atom is -0.408 e. The van der Waals surface area contributed by atoms with Crippen LogP contribution in [-0.4, -0.2) is 10.8 Å². The van der Waals surface area contributed by atoms with E-state index in [1.54, 1.807) is 0 Å². The van der Waals surface area contributed by atoms with E-state index in [9.17, 15) is 9.59 Å². The number of H-pyrrole nitrogens is 1. The van der Waals surface area contributed by atoms with Crippen molar-refractivity contribution in [3.8, 4) is 6.07 Å². The van der Waals surface area contributed by atoms with E-state index in [2.05, 4.69) is 4.98 Å². The predicted molar refractivity (Wildman–Crippen MR) is 46.8 cm³/mol. The molecule has 1 aromatic heterocycles. The first kappa shape index (κ1) is 8.26. The lowest BCUT2D eigenvalue weighted by Crippen LogP contribution is -1.95. The lowest BCUT2D eigenvalue weighted by molar-refractivity contribution is 0.105. The number of fused-ring (bicyclic) bond motifs is 1. The number of benzene rings is 1. The third-order valence-electron chi connectivity index (χ3n) is 1.78. The number of carbonyl (C=O) groups excluding carboxylic acids is 1. The van der Waals surface area contributed by atoms with E-state index in [-0.39, 0.29) is 5.56 Å². The Balaban J connectivity index is 2.68. The average Bonchev–Trinajstić information content (AvgIpc) is 2.55. The van der Waals surface area contributed by atoms with Gasteiger partial charge in [0.2, 0.25) is 0 Å². The molecule has 1 N–H and O–H groups in total. The van der Waals surface area contributed by atoms with Crippen LogP contribution in [0.3, 0.4) is 0 Å². The summed E-state index contributed by atoms with van der Waals surface area (Å²) in [5, 5.41) is 8.37. The van der Waals surface area contributed by atoms with Crippen LogP contribution in [-0.2, 0) is 0 Å². The Hall–Kier alpha value is -2.35. The van der Waals surface area contributed by atoms with Gasteiger partial charge in [0.25, 0.3) is 5.78 Å². The number of carbonyl (C=O) groups is 1. The molecule has 0 saturated heterocycles. The lowest BCUT2D eigenvalue weighted by Gasteiger charge is -1.90. The quantitative estimate of drug-likeness (QED) is 0.530. The van der Waals surface area contributed by atoms with Gasteiger partial charge < -0.3 is 4.42 Å². The Morgan fingerprint density at radius 3 is 3.00 bits per heavy atom. The lowest BCUT2D eigenvalue weighted by atomic mass is 10.1. The third-order valence-corrected chi connectivity index (χ3v) is 1.78. The molecule has 14 heavy (non-hydrogen) atoms. The molecule has 1 aromatic carbocycles. The number of nitrogens with zero attached hydrogens (tertiary/aromatic N) is 1. The highest BCUT2D eigenvalue weighted by molar-refractivity contribution is 6.08. The second-order valence-electron chi connectivity index (χ2n) is 2.67. The molecule has 0 spiro atoms. The van der Waals surface area contributed by atoms with Crippen LogP contribution in [0.1, 0.15) is 10.4 Å². The summed E-state index contributed by atoms with van der Waals surface area (Å²) in [6, 6.07) is 5.80. The standard InChI is InChI=1S/C9H4N2O3/c10-4-7(12)5-1-2-8-6(3-5)11-9(13)14-8/h1-3H,(H,11,13). The molecule has 0 atom stereocenters. The van der Waals surface area contributed by atoms with E-state index in [1.165, 1.54) is 24.3 Å². The van der Waals surface area contributed by atoms with Gasteiger partial charge in [0.05, 0.1) is 5.52 Å². The van der Waals surface area contributed by atoms with Crippen LogP contribution in [0, 0.1) is 11.3 Å². The fourth-order valence-corrected chi connectivity index (χ4v) is 1.16. The number of hydrogen-bond acceptors (Lipinski definition) is 4. The van der Waals surface area contributed by atoms with Gasteiger partial charge in [-0.15, -0.1) is 0 Å². The zero-order valence-corrected chi connectivity index (χ0v) is 6.90. The van der Waals surface area contributed by atoms with Gasteiger partial charge >= 0.3 is 5.76 Å². The number of Topliss-reactive ketones (excluding diaryl/α,β-unsaturated/α-hetero) is 1. The summed E-state index contributed by atoms with van der Waals surface area (Å²) in [7, 11) is 0. The molecule has 2 rings (SSSR count).